The van der Waals surface area contributed by atoms with E-state index < -0.39 is 9.84 Å². The second-order valence-corrected chi connectivity index (χ2v) is 8.94. The molecule has 2 atom stereocenters. The van der Waals surface area contributed by atoms with Crippen LogP contribution in [0.4, 0.5) is 5.82 Å². The molecule has 2 unspecified atom stereocenters. The van der Waals surface area contributed by atoms with E-state index >= 15 is 0 Å². The van der Waals surface area contributed by atoms with Crippen LogP contribution in [-0.4, -0.2) is 41.7 Å². The lowest BCUT2D eigenvalue weighted by Gasteiger charge is -2.31. The summed E-state index contributed by atoms with van der Waals surface area (Å²) in [6.07, 6.45) is 2.81. The molecule has 1 aliphatic rings. The van der Waals surface area contributed by atoms with Crippen molar-refractivity contribution >= 4 is 26.7 Å². The van der Waals surface area contributed by atoms with Gasteiger partial charge in [0.2, 0.25) is 15.7 Å². The number of rotatable bonds is 4. The zero-order valence-electron chi connectivity index (χ0n) is 15.6. The first-order valence-electron chi connectivity index (χ1n) is 9.10. The number of aromatic amines is 1. The third kappa shape index (κ3) is 3.31. The lowest BCUT2D eigenvalue weighted by atomic mass is 10.0. The van der Waals surface area contributed by atoms with Crippen molar-refractivity contribution in [3.8, 4) is 5.88 Å². The Morgan fingerprint density at radius 1 is 1.14 bits per heavy atom. The van der Waals surface area contributed by atoms with Gasteiger partial charge >= 0.3 is 0 Å². The summed E-state index contributed by atoms with van der Waals surface area (Å²) in [5, 5.41) is 0. The Hall–Kier alpha value is -2.65. The van der Waals surface area contributed by atoms with Gasteiger partial charge in [0.1, 0.15) is 34.2 Å². The van der Waals surface area contributed by atoms with Gasteiger partial charge in [0, 0.05) is 12.8 Å². The van der Waals surface area contributed by atoms with E-state index in [4.69, 9.17) is 15.2 Å². The van der Waals surface area contributed by atoms with Gasteiger partial charge in [0.15, 0.2) is 0 Å². The van der Waals surface area contributed by atoms with Crippen molar-refractivity contribution in [1.29, 1.82) is 0 Å². The quantitative estimate of drug-likeness (QED) is 0.688. The van der Waals surface area contributed by atoms with E-state index in [1.54, 1.807) is 18.2 Å². The van der Waals surface area contributed by atoms with Gasteiger partial charge in [-0.15, -0.1) is 0 Å². The maximum Gasteiger partial charge on any atom is 0.241 e. The summed E-state index contributed by atoms with van der Waals surface area (Å²) in [6.45, 7) is 4.00. The standard InChI is InChI=1S/C19H22N4O4S/c1-11-8-13(9-12(2)26-11)27-19-16-15(21-10-22-19)17(18(20)23-16)28(24,25)14-6-4-3-5-7-14/h3-7,10-13,23H,8-9,20H2,1-2H3. The van der Waals surface area contributed by atoms with Crippen molar-refractivity contribution < 1.29 is 17.9 Å². The lowest BCUT2D eigenvalue weighted by Crippen LogP contribution is -2.35. The minimum absolute atomic E-state index is 0.0120. The number of H-pyrrole nitrogens is 1. The molecule has 1 aromatic carbocycles. The number of sulfone groups is 1. The predicted molar refractivity (Wildman–Crippen MR) is 104 cm³/mol. The average Bonchev–Trinajstić information content (AvgIpc) is 2.99. The monoisotopic (exact) mass is 402 g/mol. The number of ether oxygens (including phenoxy) is 2. The van der Waals surface area contributed by atoms with Gasteiger partial charge < -0.3 is 20.2 Å². The molecule has 8 nitrogen and oxygen atoms in total. The Morgan fingerprint density at radius 3 is 2.50 bits per heavy atom. The molecule has 0 aliphatic carbocycles. The fourth-order valence-electron chi connectivity index (χ4n) is 3.65. The van der Waals surface area contributed by atoms with Crippen LogP contribution < -0.4 is 10.5 Å². The van der Waals surface area contributed by atoms with Crippen molar-refractivity contribution in [2.75, 3.05) is 5.73 Å². The lowest BCUT2D eigenvalue weighted by molar-refractivity contribution is -0.0727. The molecule has 148 valence electrons. The van der Waals surface area contributed by atoms with Gasteiger partial charge in [0.05, 0.1) is 17.1 Å². The highest BCUT2D eigenvalue weighted by molar-refractivity contribution is 7.92. The van der Waals surface area contributed by atoms with Crippen LogP contribution in [0.25, 0.3) is 11.0 Å². The SMILES string of the molecule is CC1CC(Oc2ncnc3c(S(=O)(=O)c4ccccc4)c(N)[nH]c23)CC(C)O1. The molecule has 4 rings (SSSR count). The van der Waals surface area contributed by atoms with Gasteiger partial charge in [-0.1, -0.05) is 18.2 Å². The second-order valence-electron chi connectivity index (χ2n) is 7.06. The number of nitrogens with two attached hydrogens (primary N) is 1. The molecule has 0 spiro atoms. The molecule has 0 amide bonds. The van der Waals surface area contributed by atoms with E-state index in [1.807, 2.05) is 13.8 Å². The molecule has 28 heavy (non-hydrogen) atoms. The summed E-state index contributed by atoms with van der Waals surface area (Å²) in [5.74, 6) is 0.301. The molecule has 3 N–H and O–H groups in total. The van der Waals surface area contributed by atoms with E-state index in [0.29, 0.717) is 5.52 Å². The van der Waals surface area contributed by atoms with Crippen LogP contribution in [0.2, 0.25) is 0 Å². The largest absolute Gasteiger partial charge is 0.473 e. The third-order valence-corrected chi connectivity index (χ3v) is 6.63. The molecule has 1 saturated heterocycles. The van der Waals surface area contributed by atoms with E-state index in [2.05, 4.69) is 15.0 Å². The van der Waals surface area contributed by atoms with Crippen LogP contribution in [0.15, 0.2) is 46.5 Å². The summed E-state index contributed by atoms with van der Waals surface area (Å²) < 4.78 is 38.0. The fraction of sp³-hybridized carbons (Fsp3) is 0.368. The highest BCUT2D eigenvalue weighted by Gasteiger charge is 2.30. The predicted octanol–water partition coefficient (Wildman–Crippen LogP) is 2.71. The molecular weight excluding hydrogens is 380 g/mol. The molecule has 0 radical (unpaired) electrons. The maximum absolute atomic E-state index is 13.1. The van der Waals surface area contributed by atoms with Crippen LogP contribution in [-0.2, 0) is 14.6 Å². The molecule has 1 aliphatic heterocycles. The summed E-state index contributed by atoms with van der Waals surface area (Å²) in [5.41, 5.74) is 6.64. The minimum atomic E-state index is -3.84. The number of nitrogen functional groups attached to an aromatic ring is 1. The van der Waals surface area contributed by atoms with Crippen LogP contribution in [0.5, 0.6) is 5.88 Å². The zero-order chi connectivity index (χ0) is 19.9. The average molecular weight is 402 g/mol. The van der Waals surface area contributed by atoms with Crippen molar-refractivity contribution in [2.24, 2.45) is 0 Å². The van der Waals surface area contributed by atoms with E-state index in [1.165, 1.54) is 18.5 Å². The normalized spacial score (nSPS) is 23.0. The Morgan fingerprint density at radius 2 is 1.82 bits per heavy atom. The summed E-state index contributed by atoms with van der Waals surface area (Å²) in [4.78, 5) is 11.4. The van der Waals surface area contributed by atoms with Crippen LogP contribution in [0.3, 0.4) is 0 Å². The van der Waals surface area contributed by atoms with E-state index in [-0.39, 0.29) is 45.3 Å². The van der Waals surface area contributed by atoms with Gasteiger partial charge in [-0.05, 0) is 26.0 Å². The zero-order valence-corrected chi connectivity index (χ0v) is 16.4. The van der Waals surface area contributed by atoms with Crippen molar-refractivity contribution in [2.45, 2.75) is 54.8 Å². The Bertz CT molecular complexity index is 1090. The number of hydrogen-bond donors (Lipinski definition) is 2. The summed E-state index contributed by atoms with van der Waals surface area (Å²) in [7, 11) is -3.84. The first-order valence-corrected chi connectivity index (χ1v) is 10.6. The molecule has 0 saturated carbocycles. The molecule has 3 aromatic rings. The van der Waals surface area contributed by atoms with E-state index in [0.717, 1.165) is 12.8 Å². The number of nitrogens with zero attached hydrogens (tertiary/aromatic N) is 2. The Labute approximate surface area is 163 Å². The van der Waals surface area contributed by atoms with Gasteiger partial charge in [-0.25, -0.2) is 13.4 Å². The first-order chi connectivity index (χ1) is 13.4. The van der Waals surface area contributed by atoms with Gasteiger partial charge in [-0.3, -0.25) is 0 Å². The van der Waals surface area contributed by atoms with Crippen molar-refractivity contribution in [1.82, 2.24) is 15.0 Å². The van der Waals surface area contributed by atoms with Crippen LogP contribution >= 0.6 is 0 Å². The molecule has 3 heterocycles. The number of hydrogen-bond acceptors (Lipinski definition) is 7. The molecule has 9 heteroatoms. The number of fused-ring (bicyclic) bond motifs is 1. The molecule has 1 fully saturated rings. The Balaban J connectivity index is 1.76. The maximum atomic E-state index is 13.1. The topological polar surface area (TPSA) is 120 Å². The Kier molecular flexibility index (Phi) is 4.72. The molecular formula is C19H22N4O4S. The van der Waals surface area contributed by atoms with Crippen molar-refractivity contribution in [3.63, 3.8) is 0 Å². The third-order valence-electron chi connectivity index (χ3n) is 4.79. The molecule has 2 aromatic heterocycles. The number of benzene rings is 1. The fourth-order valence-corrected chi connectivity index (χ4v) is 5.15. The van der Waals surface area contributed by atoms with E-state index in [9.17, 15) is 8.42 Å². The highest BCUT2D eigenvalue weighted by atomic mass is 32.2. The van der Waals surface area contributed by atoms with Gasteiger partial charge in [-0.2, -0.15) is 4.98 Å². The minimum Gasteiger partial charge on any atom is -0.473 e. The van der Waals surface area contributed by atoms with Crippen molar-refractivity contribution in [3.05, 3.63) is 36.7 Å². The number of aromatic nitrogens is 3. The smallest absolute Gasteiger partial charge is 0.241 e. The van der Waals surface area contributed by atoms with Crippen LogP contribution in [0.1, 0.15) is 26.7 Å². The summed E-state index contributed by atoms with van der Waals surface area (Å²) >= 11 is 0. The second kappa shape index (κ2) is 7.06. The summed E-state index contributed by atoms with van der Waals surface area (Å²) in [6, 6.07) is 8.12. The number of nitrogens with one attached hydrogen (secondary N) is 1. The van der Waals surface area contributed by atoms with Gasteiger partial charge in [0.25, 0.3) is 0 Å². The first kappa shape index (κ1) is 18.7. The molecule has 0 bridgehead atoms. The number of anilines is 1. The van der Waals surface area contributed by atoms with Crippen LogP contribution in [0, 0.1) is 0 Å². The highest BCUT2D eigenvalue weighted by Crippen LogP contribution is 2.35.